The Balaban J connectivity index is 1.86. The van der Waals surface area contributed by atoms with E-state index in [-0.39, 0.29) is 12.5 Å². The first kappa shape index (κ1) is 32.0. The van der Waals surface area contributed by atoms with Gasteiger partial charge in [-0.3, -0.25) is 13.9 Å². The van der Waals surface area contributed by atoms with Crippen molar-refractivity contribution in [3.63, 3.8) is 0 Å². The normalized spacial score (nSPS) is 12.3. The highest BCUT2D eigenvalue weighted by atomic mass is 35.5. The lowest BCUT2D eigenvalue weighted by Gasteiger charge is -2.34. The number of hydrogen-bond donors (Lipinski definition) is 1. The van der Waals surface area contributed by atoms with Gasteiger partial charge >= 0.3 is 0 Å². The van der Waals surface area contributed by atoms with E-state index in [1.165, 1.54) is 4.90 Å². The van der Waals surface area contributed by atoms with Crippen LogP contribution in [0, 0.1) is 0 Å². The van der Waals surface area contributed by atoms with Crippen LogP contribution in [0.15, 0.2) is 78.9 Å². The first-order valence-corrected chi connectivity index (χ1v) is 15.6. The molecule has 0 radical (unpaired) electrons. The van der Waals surface area contributed by atoms with Gasteiger partial charge in [0.1, 0.15) is 24.9 Å². The van der Waals surface area contributed by atoms with Gasteiger partial charge in [-0.25, -0.2) is 8.42 Å². The Bertz CT molecular complexity index is 1410. The molecule has 41 heavy (non-hydrogen) atoms. The molecule has 3 aromatic rings. The second-order valence-electron chi connectivity index (χ2n) is 10.8. The summed E-state index contributed by atoms with van der Waals surface area (Å²) in [5, 5.41) is 3.49. The fourth-order valence-corrected chi connectivity index (χ4v) is 5.20. The Kier molecular flexibility index (Phi) is 10.8. The number of hydrogen-bond acceptors (Lipinski definition) is 5. The minimum Gasteiger partial charge on any atom is -0.489 e. The van der Waals surface area contributed by atoms with E-state index in [2.05, 4.69) is 5.32 Å². The van der Waals surface area contributed by atoms with E-state index in [1.54, 1.807) is 48.5 Å². The summed E-state index contributed by atoms with van der Waals surface area (Å²) in [5.41, 5.74) is 1.56. The number of nitrogens with one attached hydrogen (secondary N) is 1. The molecule has 1 atom stereocenters. The summed E-state index contributed by atoms with van der Waals surface area (Å²) in [7, 11) is -3.85. The molecular formula is C31H38ClN3O5S. The van der Waals surface area contributed by atoms with Crippen LogP contribution in [0.4, 0.5) is 5.69 Å². The molecule has 8 nitrogen and oxygen atoms in total. The van der Waals surface area contributed by atoms with Crippen molar-refractivity contribution in [2.24, 2.45) is 0 Å². The summed E-state index contributed by atoms with van der Waals surface area (Å²) in [6.45, 7) is 7.40. The van der Waals surface area contributed by atoms with Gasteiger partial charge in [0.2, 0.25) is 21.8 Å². The van der Waals surface area contributed by atoms with Crippen molar-refractivity contribution in [3.8, 4) is 5.75 Å². The van der Waals surface area contributed by atoms with Gasteiger partial charge in [0, 0.05) is 17.1 Å². The molecule has 3 rings (SSSR count). The maximum atomic E-state index is 13.8. The van der Waals surface area contributed by atoms with Gasteiger partial charge in [-0.05, 0) is 74.7 Å². The molecule has 0 aliphatic carbocycles. The van der Waals surface area contributed by atoms with E-state index < -0.39 is 34.1 Å². The molecule has 0 heterocycles. The molecule has 0 aliphatic rings. The van der Waals surface area contributed by atoms with E-state index in [0.29, 0.717) is 29.5 Å². The number of sulfonamides is 1. The van der Waals surface area contributed by atoms with Crippen molar-refractivity contribution >= 4 is 39.1 Å². The number of halogens is 1. The average molecular weight is 600 g/mol. The van der Waals surface area contributed by atoms with Crippen molar-refractivity contribution in [1.29, 1.82) is 0 Å². The van der Waals surface area contributed by atoms with Crippen LogP contribution in [0.3, 0.4) is 0 Å². The van der Waals surface area contributed by atoms with Gasteiger partial charge in [-0.1, -0.05) is 61.0 Å². The summed E-state index contributed by atoms with van der Waals surface area (Å²) in [6.07, 6.45) is 1.39. The zero-order valence-corrected chi connectivity index (χ0v) is 25.7. The molecule has 0 bridgehead atoms. The Morgan fingerprint density at radius 2 is 1.54 bits per heavy atom. The van der Waals surface area contributed by atoms with Gasteiger partial charge in [-0.2, -0.15) is 0 Å². The maximum absolute atomic E-state index is 13.8. The fourth-order valence-electron chi connectivity index (χ4n) is 4.22. The first-order valence-electron chi connectivity index (χ1n) is 13.4. The van der Waals surface area contributed by atoms with Crippen LogP contribution in [0.25, 0.3) is 0 Å². The van der Waals surface area contributed by atoms with Crippen molar-refractivity contribution in [2.75, 3.05) is 17.1 Å². The second kappa shape index (κ2) is 13.9. The lowest BCUT2D eigenvalue weighted by Crippen LogP contribution is -2.55. The molecule has 0 saturated carbocycles. The Morgan fingerprint density at radius 1 is 0.927 bits per heavy atom. The summed E-state index contributed by atoms with van der Waals surface area (Å²) >= 11 is 6.05. The molecule has 0 spiro atoms. The fraction of sp³-hybridized carbons (Fsp3) is 0.355. The summed E-state index contributed by atoms with van der Waals surface area (Å²) in [5.74, 6) is -0.259. The number of rotatable bonds is 12. The van der Waals surface area contributed by atoms with Crippen LogP contribution >= 0.6 is 11.6 Å². The highest BCUT2D eigenvalue weighted by Gasteiger charge is 2.33. The molecule has 1 N–H and O–H groups in total. The maximum Gasteiger partial charge on any atom is 0.244 e. The Labute approximate surface area is 248 Å². The van der Waals surface area contributed by atoms with Gasteiger partial charge < -0.3 is 15.0 Å². The first-order chi connectivity index (χ1) is 19.3. The zero-order chi connectivity index (χ0) is 30.2. The van der Waals surface area contributed by atoms with Crippen molar-refractivity contribution in [1.82, 2.24) is 10.2 Å². The van der Waals surface area contributed by atoms with Gasteiger partial charge in [0.05, 0.1) is 11.9 Å². The molecule has 1 unspecified atom stereocenters. The van der Waals surface area contributed by atoms with Crippen molar-refractivity contribution < 1.29 is 22.7 Å². The predicted octanol–water partition coefficient (Wildman–Crippen LogP) is 5.41. The molecule has 10 heteroatoms. The third-order valence-electron chi connectivity index (χ3n) is 6.20. The second-order valence-corrected chi connectivity index (χ2v) is 13.2. The van der Waals surface area contributed by atoms with Crippen LogP contribution in [-0.4, -0.2) is 49.5 Å². The molecule has 2 amide bonds. The monoisotopic (exact) mass is 599 g/mol. The summed E-state index contributed by atoms with van der Waals surface area (Å²) in [6, 6.07) is 22.4. The van der Waals surface area contributed by atoms with E-state index in [0.717, 1.165) is 21.7 Å². The van der Waals surface area contributed by atoms with E-state index in [4.69, 9.17) is 16.3 Å². The van der Waals surface area contributed by atoms with Crippen LogP contribution in [0.2, 0.25) is 5.02 Å². The van der Waals surface area contributed by atoms with E-state index in [1.807, 2.05) is 58.0 Å². The molecule has 0 fully saturated rings. The van der Waals surface area contributed by atoms with Gasteiger partial charge in [0.25, 0.3) is 0 Å². The number of anilines is 1. The van der Waals surface area contributed by atoms with E-state index in [9.17, 15) is 18.0 Å². The topological polar surface area (TPSA) is 96.0 Å². The highest BCUT2D eigenvalue weighted by Crippen LogP contribution is 2.24. The van der Waals surface area contributed by atoms with Gasteiger partial charge in [0.15, 0.2) is 0 Å². The lowest BCUT2D eigenvalue weighted by molar-refractivity contribution is -0.141. The third kappa shape index (κ3) is 9.79. The van der Waals surface area contributed by atoms with E-state index >= 15 is 0 Å². The molecular weight excluding hydrogens is 562 g/mol. The number of amides is 2. The molecule has 3 aromatic carbocycles. The van der Waals surface area contributed by atoms with Gasteiger partial charge in [-0.15, -0.1) is 0 Å². The lowest BCUT2D eigenvalue weighted by atomic mass is 10.1. The van der Waals surface area contributed by atoms with Crippen LogP contribution in [-0.2, 0) is 32.8 Å². The largest absolute Gasteiger partial charge is 0.489 e. The molecule has 220 valence electrons. The summed E-state index contributed by atoms with van der Waals surface area (Å²) < 4.78 is 32.6. The van der Waals surface area contributed by atoms with Crippen molar-refractivity contribution in [3.05, 3.63) is 95.0 Å². The SMILES string of the molecule is CCC(C(=O)NC(C)(C)C)N(Cc1ccc(Cl)cc1)C(=O)CN(c1ccc(OCc2ccccc2)cc1)S(C)(=O)=O. The van der Waals surface area contributed by atoms with Crippen molar-refractivity contribution in [2.45, 2.75) is 58.8 Å². The number of ether oxygens (including phenoxy) is 1. The number of carbonyl (C=O) groups is 2. The van der Waals surface area contributed by atoms with Crippen LogP contribution in [0.5, 0.6) is 5.75 Å². The Hall–Kier alpha value is -3.56. The summed E-state index contributed by atoms with van der Waals surface area (Å²) in [4.78, 5) is 28.5. The standard InChI is InChI=1S/C31H38ClN3O5S/c1-6-28(30(37)33-31(2,3)4)34(20-23-12-14-25(32)15-13-23)29(36)21-35(41(5,38)39)26-16-18-27(19-17-26)40-22-24-10-8-7-9-11-24/h7-19,28H,6,20-22H2,1-5H3,(H,33,37). The molecule has 0 saturated heterocycles. The number of nitrogens with zero attached hydrogens (tertiary/aromatic N) is 2. The van der Waals surface area contributed by atoms with Crippen LogP contribution in [0.1, 0.15) is 45.2 Å². The smallest absolute Gasteiger partial charge is 0.244 e. The quantitative estimate of drug-likeness (QED) is 0.300. The predicted molar refractivity (Wildman–Crippen MR) is 163 cm³/mol. The number of carbonyl (C=O) groups excluding carboxylic acids is 2. The third-order valence-corrected chi connectivity index (χ3v) is 7.60. The van der Waals surface area contributed by atoms with Crippen LogP contribution < -0.4 is 14.4 Å². The minimum atomic E-state index is -3.85. The average Bonchev–Trinajstić information content (AvgIpc) is 2.91. The number of benzene rings is 3. The highest BCUT2D eigenvalue weighted by molar-refractivity contribution is 7.92. The zero-order valence-electron chi connectivity index (χ0n) is 24.1. The Morgan fingerprint density at radius 3 is 2.07 bits per heavy atom. The molecule has 0 aromatic heterocycles. The molecule has 0 aliphatic heterocycles. The minimum absolute atomic E-state index is 0.107.